The van der Waals surface area contributed by atoms with Crippen LogP contribution in [0.25, 0.3) is 0 Å². The Morgan fingerprint density at radius 1 is 1.00 bits per heavy atom. The third-order valence-corrected chi connectivity index (χ3v) is 5.43. The van der Waals surface area contributed by atoms with Crippen molar-refractivity contribution in [3.05, 3.63) is 68.6 Å². The molecule has 140 valence electrons. The lowest BCUT2D eigenvalue weighted by atomic mass is 9.98. The molecular formula is C20H17Br2N2O3-. The quantitative estimate of drug-likeness (QED) is 0.615. The molecule has 1 atom stereocenters. The third kappa shape index (κ3) is 5.05. The van der Waals surface area contributed by atoms with Crippen molar-refractivity contribution in [3.8, 4) is 0 Å². The maximum absolute atomic E-state index is 12.7. The van der Waals surface area contributed by atoms with Gasteiger partial charge in [0.25, 0.3) is 0 Å². The first-order valence-corrected chi connectivity index (χ1v) is 10.1. The van der Waals surface area contributed by atoms with Gasteiger partial charge in [-0.05, 0) is 48.2 Å². The molecule has 1 aliphatic rings. The molecule has 3 rings (SSSR count). The van der Waals surface area contributed by atoms with Gasteiger partial charge >= 0.3 is 0 Å². The first kappa shape index (κ1) is 19.8. The molecule has 0 saturated carbocycles. The Kier molecular flexibility index (Phi) is 6.44. The van der Waals surface area contributed by atoms with Crippen LogP contribution in [0.5, 0.6) is 0 Å². The van der Waals surface area contributed by atoms with E-state index in [0.29, 0.717) is 6.42 Å². The van der Waals surface area contributed by atoms with Crippen LogP contribution in [0.4, 0.5) is 0 Å². The summed E-state index contributed by atoms with van der Waals surface area (Å²) in [5.74, 6) is -1.33. The van der Waals surface area contributed by atoms with Crippen molar-refractivity contribution in [3.63, 3.8) is 0 Å². The highest BCUT2D eigenvalue weighted by Gasteiger charge is 2.32. The van der Waals surface area contributed by atoms with Gasteiger partial charge in [0.15, 0.2) is 0 Å². The van der Waals surface area contributed by atoms with E-state index in [1.807, 2.05) is 48.5 Å². The summed E-state index contributed by atoms with van der Waals surface area (Å²) >= 11 is 6.85. The number of rotatable bonds is 6. The van der Waals surface area contributed by atoms with Crippen molar-refractivity contribution in [2.45, 2.75) is 31.7 Å². The molecule has 1 heterocycles. The Hall–Kier alpha value is -1.99. The van der Waals surface area contributed by atoms with Crippen molar-refractivity contribution in [1.82, 2.24) is 5.01 Å². The average molecular weight is 493 g/mol. The van der Waals surface area contributed by atoms with E-state index >= 15 is 0 Å². The number of halogens is 2. The minimum atomic E-state index is -1.15. The Morgan fingerprint density at radius 2 is 1.59 bits per heavy atom. The van der Waals surface area contributed by atoms with E-state index in [9.17, 15) is 14.7 Å². The van der Waals surface area contributed by atoms with E-state index < -0.39 is 5.97 Å². The summed E-state index contributed by atoms with van der Waals surface area (Å²) in [7, 11) is 0. The lowest BCUT2D eigenvalue weighted by Crippen LogP contribution is -2.28. The number of hydrogen-bond acceptors (Lipinski definition) is 4. The normalized spacial score (nSPS) is 16.3. The summed E-state index contributed by atoms with van der Waals surface area (Å²) in [6.45, 7) is 0. The number of nitrogens with zero attached hydrogens (tertiary/aromatic N) is 2. The molecule has 0 spiro atoms. The van der Waals surface area contributed by atoms with Crippen LogP contribution in [0.1, 0.15) is 42.9 Å². The van der Waals surface area contributed by atoms with Crippen LogP contribution in [0.15, 0.2) is 62.6 Å². The molecule has 1 amide bonds. The van der Waals surface area contributed by atoms with Crippen LogP contribution in [0.2, 0.25) is 0 Å². The number of carbonyl (C=O) groups excluding carboxylic acids is 2. The summed E-state index contributed by atoms with van der Waals surface area (Å²) < 4.78 is 1.94. The van der Waals surface area contributed by atoms with Gasteiger partial charge in [0.2, 0.25) is 5.91 Å². The molecule has 2 aromatic carbocycles. The van der Waals surface area contributed by atoms with Crippen LogP contribution in [0.3, 0.4) is 0 Å². The summed E-state index contributed by atoms with van der Waals surface area (Å²) in [5, 5.41) is 16.7. The van der Waals surface area contributed by atoms with Gasteiger partial charge in [0.05, 0.1) is 11.8 Å². The van der Waals surface area contributed by atoms with E-state index in [1.54, 1.807) is 0 Å². The van der Waals surface area contributed by atoms with Gasteiger partial charge in [-0.25, -0.2) is 5.01 Å². The van der Waals surface area contributed by atoms with Gasteiger partial charge in [0, 0.05) is 27.8 Å². The van der Waals surface area contributed by atoms with Crippen molar-refractivity contribution < 1.29 is 14.7 Å². The Bertz CT molecular complexity index is 864. The number of benzene rings is 2. The Balaban J connectivity index is 1.85. The number of carbonyl (C=O) groups is 2. The molecule has 27 heavy (non-hydrogen) atoms. The van der Waals surface area contributed by atoms with Crippen molar-refractivity contribution in [2.75, 3.05) is 0 Å². The van der Waals surface area contributed by atoms with Crippen molar-refractivity contribution in [1.29, 1.82) is 0 Å². The van der Waals surface area contributed by atoms with Crippen LogP contribution in [-0.2, 0) is 9.59 Å². The topological polar surface area (TPSA) is 72.8 Å². The van der Waals surface area contributed by atoms with Crippen molar-refractivity contribution in [2.24, 2.45) is 5.10 Å². The number of amides is 1. The molecule has 5 nitrogen and oxygen atoms in total. The molecule has 2 aromatic rings. The van der Waals surface area contributed by atoms with Gasteiger partial charge in [-0.3, -0.25) is 4.79 Å². The van der Waals surface area contributed by atoms with Gasteiger partial charge in [0.1, 0.15) is 0 Å². The molecule has 7 heteroatoms. The van der Waals surface area contributed by atoms with Crippen LogP contribution in [-0.4, -0.2) is 22.6 Å². The molecule has 0 aliphatic carbocycles. The second-order valence-electron chi connectivity index (χ2n) is 6.29. The maximum Gasteiger partial charge on any atom is 0.243 e. The number of carboxylic acid groups (broad SMARTS) is 1. The summed E-state index contributed by atoms with van der Waals surface area (Å²) in [5.41, 5.74) is 2.79. The fourth-order valence-corrected chi connectivity index (χ4v) is 3.53. The first-order chi connectivity index (χ1) is 12.9. The standard InChI is InChI=1S/C20H18Br2N2O3/c21-15-8-4-13(5-9-15)17-12-18(14-6-10-16(22)11-7-14)24(23-17)19(25)2-1-3-20(26)27/h4-11,18H,1-3,12H2,(H,26,27)/p-1/t18-/m1/s1. The SMILES string of the molecule is O=C([O-])CCCC(=O)N1N=C(c2ccc(Br)cc2)C[C@@H]1c1ccc(Br)cc1. The zero-order valence-corrected chi connectivity index (χ0v) is 17.6. The predicted octanol–water partition coefficient (Wildman–Crippen LogP) is 3.81. The third-order valence-electron chi connectivity index (χ3n) is 4.37. The van der Waals surface area contributed by atoms with E-state index in [1.165, 1.54) is 5.01 Å². The van der Waals surface area contributed by atoms with Crippen LogP contribution < -0.4 is 5.11 Å². The molecule has 1 aliphatic heterocycles. The van der Waals surface area contributed by atoms with Gasteiger partial charge in [-0.1, -0.05) is 56.1 Å². The van der Waals surface area contributed by atoms with E-state index in [4.69, 9.17) is 0 Å². The molecule has 0 fully saturated rings. The summed E-state index contributed by atoms with van der Waals surface area (Å²) in [6.07, 6.45) is 0.841. The highest BCUT2D eigenvalue weighted by Crippen LogP contribution is 2.34. The molecule has 0 saturated heterocycles. The number of aliphatic carboxylic acids is 1. The number of hydrazone groups is 1. The van der Waals surface area contributed by atoms with Gasteiger partial charge < -0.3 is 9.90 Å². The lowest BCUT2D eigenvalue weighted by Gasteiger charge is -2.22. The molecule has 0 radical (unpaired) electrons. The van der Waals surface area contributed by atoms with Gasteiger partial charge in [-0.2, -0.15) is 5.10 Å². The second-order valence-corrected chi connectivity index (χ2v) is 8.12. The zero-order chi connectivity index (χ0) is 19.4. The highest BCUT2D eigenvalue weighted by molar-refractivity contribution is 9.10. The molecule has 0 aromatic heterocycles. The van der Waals surface area contributed by atoms with E-state index in [2.05, 4.69) is 37.0 Å². The predicted molar refractivity (Wildman–Crippen MR) is 108 cm³/mol. The number of hydrogen-bond donors (Lipinski definition) is 0. The second kappa shape index (κ2) is 8.80. The van der Waals surface area contributed by atoms with Crippen molar-refractivity contribution >= 4 is 49.4 Å². The average Bonchev–Trinajstić information content (AvgIpc) is 3.08. The molecule has 0 N–H and O–H groups in total. The summed E-state index contributed by atoms with van der Waals surface area (Å²) in [6, 6.07) is 15.4. The van der Waals surface area contributed by atoms with Crippen LogP contribution >= 0.6 is 31.9 Å². The van der Waals surface area contributed by atoms with Gasteiger partial charge in [-0.15, -0.1) is 0 Å². The maximum atomic E-state index is 12.7. The number of carboxylic acids is 1. The van der Waals surface area contributed by atoms with E-state index in [-0.39, 0.29) is 31.2 Å². The van der Waals surface area contributed by atoms with E-state index in [0.717, 1.165) is 25.8 Å². The summed E-state index contributed by atoms with van der Waals surface area (Å²) in [4.78, 5) is 23.3. The molecule has 0 unspecified atom stereocenters. The minimum Gasteiger partial charge on any atom is -0.550 e. The molecular weight excluding hydrogens is 476 g/mol. The first-order valence-electron chi connectivity index (χ1n) is 8.55. The fourth-order valence-electron chi connectivity index (χ4n) is 3.00. The smallest absolute Gasteiger partial charge is 0.243 e. The van der Waals surface area contributed by atoms with Crippen LogP contribution in [0, 0.1) is 0 Å². The fraction of sp³-hybridized carbons (Fsp3) is 0.250. The Labute approximate surface area is 174 Å². The Morgan fingerprint density at radius 3 is 2.19 bits per heavy atom. The monoisotopic (exact) mass is 491 g/mol. The zero-order valence-electron chi connectivity index (χ0n) is 14.4. The molecule has 0 bridgehead atoms. The largest absolute Gasteiger partial charge is 0.550 e. The minimum absolute atomic E-state index is 0.123. The highest BCUT2D eigenvalue weighted by atomic mass is 79.9. The lowest BCUT2D eigenvalue weighted by molar-refractivity contribution is -0.305.